The molecule has 3 N–H and O–H groups in total. The molecule has 25 heavy (non-hydrogen) atoms. The van der Waals surface area contributed by atoms with Crippen LogP contribution >= 0.6 is 0 Å². The second-order valence-corrected chi connectivity index (χ2v) is 6.64. The van der Waals surface area contributed by atoms with Crippen molar-refractivity contribution >= 4 is 11.9 Å². The molecule has 0 saturated carbocycles. The molecule has 8 heteroatoms. The van der Waals surface area contributed by atoms with E-state index in [4.69, 9.17) is 10.5 Å². The van der Waals surface area contributed by atoms with Crippen LogP contribution in [0, 0.1) is 0 Å². The van der Waals surface area contributed by atoms with E-state index in [1.807, 2.05) is 0 Å². The number of hydrogen-bond donors (Lipinski definition) is 2. The molecule has 1 rings (SSSR count). The van der Waals surface area contributed by atoms with Gasteiger partial charge in [-0.1, -0.05) is 12.1 Å². The molecule has 0 bridgehead atoms. The first-order valence-corrected chi connectivity index (χ1v) is 7.80. The van der Waals surface area contributed by atoms with Gasteiger partial charge in [0.25, 0.3) is 0 Å². The topological polar surface area (TPSA) is 81.4 Å². The molecule has 0 aliphatic carbocycles. The molecule has 0 aliphatic rings. The Labute approximate surface area is 144 Å². The number of carbonyl (C=O) groups excluding carboxylic acids is 2. The molecule has 1 amide bonds. The molecule has 0 radical (unpaired) electrons. The van der Waals surface area contributed by atoms with Crippen LogP contribution in [0.2, 0.25) is 0 Å². The third-order valence-corrected chi connectivity index (χ3v) is 3.16. The van der Waals surface area contributed by atoms with Gasteiger partial charge < -0.3 is 15.8 Å². The number of halogens is 3. The van der Waals surface area contributed by atoms with Gasteiger partial charge in [0.1, 0.15) is 5.60 Å². The van der Waals surface area contributed by atoms with Gasteiger partial charge in [-0.3, -0.25) is 9.59 Å². The van der Waals surface area contributed by atoms with Gasteiger partial charge in [-0.2, -0.15) is 13.2 Å². The fraction of sp³-hybridized carbons (Fsp3) is 0.529. The van der Waals surface area contributed by atoms with Crippen molar-refractivity contribution in [3.05, 3.63) is 35.4 Å². The van der Waals surface area contributed by atoms with Gasteiger partial charge in [-0.25, -0.2) is 0 Å². The van der Waals surface area contributed by atoms with E-state index < -0.39 is 35.3 Å². The first kappa shape index (κ1) is 21.0. The van der Waals surface area contributed by atoms with Gasteiger partial charge >= 0.3 is 12.1 Å². The number of rotatable bonds is 6. The third-order valence-electron chi connectivity index (χ3n) is 3.16. The normalized spacial score (nSPS) is 13.2. The Hall–Kier alpha value is -2.09. The van der Waals surface area contributed by atoms with Crippen molar-refractivity contribution < 1.29 is 27.5 Å². The van der Waals surface area contributed by atoms with Gasteiger partial charge in [0, 0.05) is 13.0 Å². The molecule has 1 atom stereocenters. The first-order valence-electron chi connectivity index (χ1n) is 7.80. The van der Waals surface area contributed by atoms with E-state index in [-0.39, 0.29) is 19.4 Å². The maximum absolute atomic E-state index is 12.5. The quantitative estimate of drug-likeness (QED) is 0.765. The Balaban J connectivity index is 2.42. The molecular weight excluding hydrogens is 337 g/mol. The fourth-order valence-electron chi connectivity index (χ4n) is 1.93. The highest BCUT2D eigenvalue weighted by Gasteiger charge is 2.29. The van der Waals surface area contributed by atoms with Crippen molar-refractivity contribution in [3.8, 4) is 0 Å². The standard InChI is InChI=1S/C17H23F3N2O3/c1-16(2,3)25-14(23)9-8-13(21)15(24)22-10-11-4-6-12(7-5-11)17(18,19)20/h4-7,13H,8-10,21H2,1-3H3,(H,22,24)/t13-/m1/s1. The summed E-state index contributed by atoms with van der Waals surface area (Å²) in [5.41, 5.74) is 4.86. The zero-order valence-corrected chi connectivity index (χ0v) is 14.4. The predicted molar refractivity (Wildman–Crippen MR) is 86.3 cm³/mol. The van der Waals surface area contributed by atoms with Crippen LogP contribution in [0.3, 0.4) is 0 Å². The first-order chi connectivity index (χ1) is 11.4. The minimum absolute atomic E-state index is 0.00609. The van der Waals surface area contributed by atoms with Gasteiger partial charge in [0.05, 0.1) is 11.6 Å². The summed E-state index contributed by atoms with van der Waals surface area (Å²) in [6, 6.07) is 3.57. The third kappa shape index (κ3) is 8.02. The summed E-state index contributed by atoms with van der Waals surface area (Å²) in [6.07, 6.45) is -4.27. The van der Waals surface area contributed by atoms with Crippen molar-refractivity contribution in [1.82, 2.24) is 5.32 Å². The van der Waals surface area contributed by atoms with Crippen LogP contribution in [0.25, 0.3) is 0 Å². The summed E-state index contributed by atoms with van der Waals surface area (Å²) in [6.45, 7) is 5.27. The van der Waals surface area contributed by atoms with E-state index in [9.17, 15) is 22.8 Å². The number of nitrogens with two attached hydrogens (primary N) is 1. The summed E-state index contributed by atoms with van der Waals surface area (Å²) in [7, 11) is 0. The Morgan fingerprint density at radius 1 is 1.16 bits per heavy atom. The summed E-state index contributed by atoms with van der Waals surface area (Å²) < 4.78 is 42.5. The largest absolute Gasteiger partial charge is 0.460 e. The lowest BCUT2D eigenvalue weighted by atomic mass is 10.1. The van der Waals surface area contributed by atoms with Gasteiger partial charge in [0.2, 0.25) is 5.91 Å². The number of nitrogens with one attached hydrogen (secondary N) is 1. The van der Waals surface area contributed by atoms with Crippen molar-refractivity contribution in [3.63, 3.8) is 0 Å². The molecule has 0 spiro atoms. The molecule has 0 saturated heterocycles. The summed E-state index contributed by atoms with van der Waals surface area (Å²) in [4.78, 5) is 23.4. The lowest BCUT2D eigenvalue weighted by Gasteiger charge is -2.20. The average molecular weight is 360 g/mol. The number of esters is 1. The molecule has 140 valence electrons. The fourth-order valence-corrected chi connectivity index (χ4v) is 1.93. The van der Waals surface area contributed by atoms with Crippen LogP contribution in [-0.2, 0) is 27.0 Å². The molecule has 0 aliphatic heterocycles. The van der Waals surface area contributed by atoms with Crippen LogP contribution in [0.1, 0.15) is 44.7 Å². The molecular formula is C17H23F3N2O3. The minimum Gasteiger partial charge on any atom is -0.460 e. The SMILES string of the molecule is CC(C)(C)OC(=O)CC[C@@H](N)C(=O)NCc1ccc(C(F)(F)F)cc1. The van der Waals surface area contributed by atoms with Gasteiger partial charge in [-0.05, 0) is 44.9 Å². The highest BCUT2D eigenvalue weighted by atomic mass is 19.4. The number of amides is 1. The molecule has 0 fully saturated rings. The molecule has 1 aromatic carbocycles. The van der Waals surface area contributed by atoms with Crippen molar-refractivity contribution in [2.75, 3.05) is 0 Å². The highest BCUT2D eigenvalue weighted by molar-refractivity contribution is 5.82. The van der Waals surface area contributed by atoms with E-state index in [0.29, 0.717) is 5.56 Å². The second-order valence-electron chi connectivity index (χ2n) is 6.64. The van der Waals surface area contributed by atoms with Crippen molar-refractivity contribution in [2.45, 2.75) is 58.0 Å². The smallest absolute Gasteiger partial charge is 0.416 e. The highest BCUT2D eigenvalue weighted by Crippen LogP contribution is 2.29. The van der Waals surface area contributed by atoms with Crippen molar-refractivity contribution in [1.29, 1.82) is 0 Å². The summed E-state index contributed by atoms with van der Waals surface area (Å²) in [5, 5.41) is 2.53. The van der Waals surface area contributed by atoms with E-state index in [1.165, 1.54) is 12.1 Å². The second kappa shape index (κ2) is 8.33. The van der Waals surface area contributed by atoms with Crippen LogP contribution < -0.4 is 11.1 Å². The summed E-state index contributed by atoms with van der Waals surface area (Å²) in [5.74, 6) is -0.929. The van der Waals surface area contributed by atoms with Crippen LogP contribution in [0.15, 0.2) is 24.3 Å². The lowest BCUT2D eigenvalue weighted by Crippen LogP contribution is -2.40. The Morgan fingerprint density at radius 3 is 2.20 bits per heavy atom. The number of alkyl halides is 3. The number of hydrogen-bond acceptors (Lipinski definition) is 4. The van der Waals surface area contributed by atoms with E-state index in [1.54, 1.807) is 20.8 Å². The van der Waals surface area contributed by atoms with Crippen LogP contribution in [0.5, 0.6) is 0 Å². The molecule has 0 unspecified atom stereocenters. The molecule has 0 aromatic heterocycles. The van der Waals surface area contributed by atoms with Crippen molar-refractivity contribution in [2.24, 2.45) is 5.73 Å². The lowest BCUT2D eigenvalue weighted by molar-refractivity contribution is -0.155. The van der Waals surface area contributed by atoms with Crippen LogP contribution in [-0.4, -0.2) is 23.5 Å². The van der Waals surface area contributed by atoms with E-state index >= 15 is 0 Å². The predicted octanol–water partition coefficient (Wildman–Crippen LogP) is 2.77. The molecule has 1 aromatic rings. The zero-order chi connectivity index (χ0) is 19.3. The maximum atomic E-state index is 12.5. The molecule has 0 heterocycles. The maximum Gasteiger partial charge on any atom is 0.416 e. The van der Waals surface area contributed by atoms with Crippen LogP contribution in [0.4, 0.5) is 13.2 Å². The number of ether oxygens (including phenoxy) is 1. The number of benzene rings is 1. The van der Waals surface area contributed by atoms with Gasteiger partial charge in [-0.15, -0.1) is 0 Å². The average Bonchev–Trinajstić information content (AvgIpc) is 2.48. The Morgan fingerprint density at radius 2 is 1.72 bits per heavy atom. The van der Waals surface area contributed by atoms with Gasteiger partial charge in [0.15, 0.2) is 0 Å². The number of carbonyl (C=O) groups is 2. The summed E-state index contributed by atoms with van der Waals surface area (Å²) >= 11 is 0. The minimum atomic E-state index is -4.40. The monoisotopic (exact) mass is 360 g/mol. The van der Waals surface area contributed by atoms with E-state index in [0.717, 1.165) is 12.1 Å². The Kier molecular flexibility index (Phi) is 6.98. The Bertz CT molecular complexity index is 593. The molecule has 5 nitrogen and oxygen atoms in total. The van der Waals surface area contributed by atoms with E-state index in [2.05, 4.69) is 5.32 Å². The zero-order valence-electron chi connectivity index (χ0n) is 14.4.